The zero-order valence-electron chi connectivity index (χ0n) is 30.5. The largest absolute Gasteiger partial charge is 0.460 e. The maximum absolute atomic E-state index is 14.6. The molecular weight excluding hydrogens is 708 g/mol. The van der Waals surface area contributed by atoms with Gasteiger partial charge in [-0.2, -0.15) is 0 Å². The number of hydrogen-bond donors (Lipinski definition) is 2. The number of esters is 1. The summed E-state index contributed by atoms with van der Waals surface area (Å²) in [6.07, 6.45) is 6.13. The van der Waals surface area contributed by atoms with Gasteiger partial charge in [-0.1, -0.05) is 25.0 Å². The van der Waals surface area contributed by atoms with Gasteiger partial charge < -0.3 is 24.6 Å². The minimum Gasteiger partial charge on any atom is -0.460 e. The van der Waals surface area contributed by atoms with Gasteiger partial charge in [-0.15, -0.1) is 5.73 Å². The number of carbonyl (C=O) groups is 5. The maximum Gasteiger partial charge on any atom is 0.410 e. The third kappa shape index (κ3) is 9.12. The smallest absolute Gasteiger partial charge is 0.410 e. The zero-order valence-corrected chi connectivity index (χ0v) is 31.3. The van der Waals surface area contributed by atoms with Crippen LogP contribution in [0.25, 0.3) is 0 Å². The molecule has 288 valence electrons. The standard InChI is InChI=1S/C38H49FN4O9S/c1-37(2,3)52-32(44)19-25-11-8-6-4-5-7-9-13-26-21-38(26,35(47)41-53(49,50)28-15-16-28)40-33(45)31-20-27(22-43(31)34(25)46)51-36(48)42-18-17-24-12-10-14-30(39)29(24)23-42/h7,10,12-14,25-28,31H,4-6,8,11,15-23H2,1-3H3,(H,40,45)(H,41,47)/t9?,25-,26-,27-,31+,38-/m1/s1. The first-order chi connectivity index (χ1) is 25.1. The quantitative estimate of drug-likeness (QED) is 0.324. The van der Waals surface area contributed by atoms with Crippen LogP contribution in [-0.2, 0) is 51.6 Å². The van der Waals surface area contributed by atoms with Crippen molar-refractivity contribution in [1.82, 2.24) is 19.8 Å². The Balaban J connectivity index is 1.26. The molecule has 2 aliphatic carbocycles. The van der Waals surface area contributed by atoms with E-state index in [-0.39, 0.29) is 38.9 Å². The number of hydrogen-bond acceptors (Lipinski definition) is 9. The van der Waals surface area contributed by atoms with E-state index in [9.17, 15) is 36.8 Å². The van der Waals surface area contributed by atoms with Crippen LogP contribution in [-0.4, -0.2) is 89.6 Å². The first-order valence-electron chi connectivity index (χ1n) is 18.6. The van der Waals surface area contributed by atoms with Crippen molar-refractivity contribution in [3.8, 4) is 0 Å². The Hall–Kier alpha value is -4.23. The number of nitrogens with zero attached hydrogens (tertiary/aromatic N) is 2. The van der Waals surface area contributed by atoms with E-state index in [1.807, 2.05) is 12.1 Å². The number of rotatable bonds is 6. The van der Waals surface area contributed by atoms with Crippen LogP contribution in [0.15, 0.2) is 36.1 Å². The molecule has 0 bridgehead atoms. The summed E-state index contributed by atoms with van der Waals surface area (Å²) in [5, 5.41) is 2.12. The molecule has 1 saturated heterocycles. The molecule has 5 atom stereocenters. The van der Waals surface area contributed by atoms with Crippen LogP contribution in [0.4, 0.5) is 9.18 Å². The monoisotopic (exact) mass is 756 g/mol. The lowest BCUT2D eigenvalue weighted by atomic mass is 9.95. The molecule has 0 unspecified atom stereocenters. The number of sulfonamides is 1. The lowest BCUT2D eigenvalue weighted by molar-refractivity contribution is -0.159. The molecule has 6 rings (SSSR count). The second kappa shape index (κ2) is 15.3. The highest BCUT2D eigenvalue weighted by Gasteiger charge is 2.62. The maximum atomic E-state index is 14.6. The minimum absolute atomic E-state index is 0.00281. The minimum atomic E-state index is -3.93. The molecule has 3 aliphatic heterocycles. The van der Waals surface area contributed by atoms with Crippen molar-refractivity contribution in [1.29, 1.82) is 0 Å². The Morgan fingerprint density at radius 3 is 2.62 bits per heavy atom. The number of benzene rings is 1. The van der Waals surface area contributed by atoms with E-state index in [2.05, 4.69) is 15.8 Å². The Bertz CT molecular complexity index is 1820. The predicted octanol–water partition coefficient (Wildman–Crippen LogP) is 3.80. The van der Waals surface area contributed by atoms with Crippen molar-refractivity contribution >= 4 is 39.8 Å². The van der Waals surface area contributed by atoms with Crippen molar-refractivity contribution in [2.45, 2.75) is 126 Å². The van der Waals surface area contributed by atoms with Gasteiger partial charge in [0.2, 0.25) is 21.8 Å². The third-order valence-electron chi connectivity index (χ3n) is 10.6. The predicted molar refractivity (Wildman–Crippen MR) is 190 cm³/mol. The lowest BCUT2D eigenvalue weighted by Gasteiger charge is -2.30. The molecule has 1 aromatic rings. The van der Waals surface area contributed by atoms with Crippen LogP contribution in [0.3, 0.4) is 0 Å². The number of fused-ring (bicyclic) bond motifs is 3. The fourth-order valence-electron chi connectivity index (χ4n) is 7.44. The first kappa shape index (κ1) is 38.5. The molecule has 4 amide bonds. The molecule has 3 heterocycles. The summed E-state index contributed by atoms with van der Waals surface area (Å²) in [5.41, 5.74) is 1.92. The molecule has 13 nitrogen and oxygen atoms in total. The summed E-state index contributed by atoms with van der Waals surface area (Å²) < 4.78 is 53.8. The second-order valence-corrected chi connectivity index (χ2v) is 17.9. The number of halogens is 1. The summed E-state index contributed by atoms with van der Waals surface area (Å²) in [6.45, 7) is 5.33. The van der Waals surface area contributed by atoms with Crippen molar-refractivity contribution in [2.75, 3.05) is 13.1 Å². The fourth-order valence-corrected chi connectivity index (χ4v) is 8.80. The summed E-state index contributed by atoms with van der Waals surface area (Å²) in [7, 11) is -3.93. The topological polar surface area (TPSA) is 168 Å². The van der Waals surface area contributed by atoms with Crippen LogP contribution in [0.1, 0.15) is 96.1 Å². The van der Waals surface area contributed by atoms with Crippen molar-refractivity contribution in [2.24, 2.45) is 11.8 Å². The molecule has 2 saturated carbocycles. The lowest BCUT2D eigenvalue weighted by Crippen LogP contribution is -2.57. The van der Waals surface area contributed by atoms with Crippen LogP contribution in [0.2, 0.25) is 0 Å². The van der Waals surface area contributed by atoms with Crippen LogP contribution in [0.5, 0.6) is 0 Å². The first-order valence-corrected chi connectivity index (χ1v) is 20.1. The van der Waals surface area contributed by atoms with E-state index in [1.54, 1.807) is 32.9 Å². The summed E-state index contributed by atoms with van der Waals surface area (Å²) in [4.78, 5) is 71.5. The van der Waals surface area contributed by atoms with Gasteiger partial charge in [0.05, 0.1) is 24.8 Å². The van der Waals surface area contributed by atoms with Gasteiger partial charge in [-0.05, 0) is 89.5 Å². The SMILES string of the molecule is CC(C)(C)OC(=O)C[C@H]1CCCCCC=C=C[C@@H]2C[C@@]2(C(=O)NS(=O)(=O)C2CC2)NC(=O)[C@@H]2C[C@@H](OC(=O)N3CCc4cccc(F)c4C3)CN2C1=O. The molecule has 1 aromatic carbocycles. The van der Waals surface area contributed by atoms with E-state index in [0.717, 1.165) is 18.4 Å². The Labute approximate surface area is 309 Å². The average molecular weight is 757 g/mol. The van der Waals surface area contributed by atoms with E-state index < -0.39 is 86.0 Å². The van der Waals surface area contributed by atoms with Gasteiger partial charge in [0.1, 0.15) is 29.1 Å². The van der Waals surface area contributed by atoms with E-state index in [4.69, 9.17) is 9.47 Å². The number of carbonyl (C=O) groups excluding carboxylic acids is 5. The van der Waals surface area contributed by atoms with Gasteiger partial charge in [0.25, 0.3) is 5.91 Å². The normalized spacial score (nSPS) is 27.9. The van der Waals surface area contributed by atoms with Gasteiger partial charge in [0.15, 0.2) is 0 Å². The van der Waals surface area contributed by atoms with E-state index in [0.29, 0.717) is 44.1 Å². The molecule has 0 spiro atoms. The number of amides is 4. The molecular formula is C38H49FN4O9S. The molecule has 3 fully saturated rings. The highest BCUT2D eigenvalue weighted by atomic mass is 32.2. The van der Waals surface area contributed by atoms with Crippen molar-refractivity contribution in [3.63, 3.8) is 0 Å². The molecule has 5 aliphatic rings. The highest BCUT2D eigenvalue weighted by molar-refractivity contribution is 7.91. The average Bonchev–Trinajstić information content (AvgIpc) is 4.01. The third-order valence-corrected chi connectivity index (χ3v) is 12.4. The molecule has 53 heavy (non-hydrogen) atoms. The molecule has 0 radical (unpaired) electrons. The molecule has 2 N–H and O–H groups in total. The molecule has 15 heteroatoms. The van der Waals surface area contributed by atoms with Gasteiger partial charge in [-0.3, -0.25) is 23.9 Å². The van der Waals surface area contributed by atoms with Gasteiger partial charge >= 0.3 is 12.1 Å². The van der Waals surface area contributed by atoms with Crippen LogP contribution < -0.4 is 10.0 Å². The highest BCUT2D eigenvalue weighted by Crippen LogP contribution is 2.46. The van der Waals surface area contributed by atoms with Gasteiger partial charge in [-0.25, -0.2) is 17.6 Å². The van der Waals surface area contributed by atoms with E-state index >= 15 is 0 Å². The summed E-state index contributed by atoms with van der Waals surface area (Å²) >= 11 is 0. The van der Waals surface area contributed by atoms with Crippen LogP contribution in [0, 0.1) is 17.7 Å². The summed E-state index contributed by atoms with van der Waals surface area (Å²) in [5.74, 6) is -4.44. The second-order valence-electron chi connectivity index (χ2n) is 15.9. The Kier molecular flexibility index (Phi) is 11.1. The molecule has 0 aromatic heterocycles. The number of ether oxygens (including phenoxy) is 2. The van der Waals surface area contributed by atoms with Crippen molar-refractivity contribution < 1.29 is 46.3 Å². The van der Waals surface area contributed by atoms with Crippen molar-refractivity contribution in [3.05, 3.63) is 53.0 Å². The van der Waals surface area contributed by atoms with Gasteiger partial charge in [0, 0.05) is 30.4 Å². The summed E-state index contributed by atoms with van der Waals surface area (Å²) in [6, 6.07) is 3.56. The fraction of sp³-hybridized carbons (Fsp3) is 0.632. The van der Waals surface area contributed by atoms with Crippen LogP contribution >= 0.6 is 0 Å². The Morgan fingerprint density at radius 2 is 1.89 bits per heavy atom. The Morgan fingerprint density at radius 1 is 1.11 bits per heavy atom. The van der Waals surface area contributed by atoms with E-state index in [1.165, 1.54) is 15.9 Å². The number of nitrogens with one attached hydrogen (secondary N) is 2. The zero-order chi connectivity index (χ0) is 38.1.